The van der Waals surface area contributed by atoms with Gasteiger partial charge in [-0.3, -0.25) is 9.69 Å². The highest BCUT2D eigenvalue weighted by Gasteiger charge is 2.31. The number of rotatable bonds is 6. The first-order valence-corrected chi connectivity index (χ1v) is 12.2. The first-order chi connectivity index (χ1) is 16.5. The molecule has 1 aliphatic carbocycles. The molecule has 0 N–H and O–H groups in total. The molecular weight excluding hydrogens is 428 g/mol. The Morgan fingerprint density at radius 2 is 1.97 bits per heavy atom. The minimum absolute atomic E-state index is 0.0337. The quantitative estimate of drug-likeness (QED) is 0.562. The Labute approximate surface area is 200 Å². The van der Waals surface area contributed by atoms with Crippen molar-refractivity contribution < 1.29 is 9.53 Å². The number of benzene rings is 1. The molecule has 1 aliphatic heterocycles. The summed E-state index contributed by atoms with van der Waals surface area (Å²) in [5.74, 6) is 1.32. The number of aryl methyl sites for hydroxylation is 2. The van der Waals surface area contributed by atoms with Crippen LogP contribution >= 0.6 is 0 Å². The second kappa shape index (κ2) is 9.18. The number of aromatic nitrogens is 4. The standard InChI is InChI=1S/C26H32N6O2/c1-5-30(6-2)20-11-12-31(16-20)25(33)23-15-28-32(17(23)3)26-27-14-19-8-7-18-9-10-21(34-4)13-22(18)24(19)29-26/h9-10,13-15,20H,5-8,11-12,16H2,1-4H3/t20-/m0/s1. The van der Waals surface area contributed by atoms with Crippen molar-refractivity contribution in [2.75, 3.05) is 33.3 Å². The number of amides is 1. The highest BCUT2D eigenvalue weighted by atomic mass is 16.5. The maximum atomic E-state index is 13.3. The number of methoxy groups -OCH3 is 1. The highest BCUT2D eigenvalue weighted by Crippen LogP contribution is 2.34. The van der Waals surface area contributed by atoms with Gasteiger partial charge in [-0.15, -0.1) is 0 Å². The number of fused-ring (bicyclic) bond motifs is 3. The second-order valence-electron chi connectivity index (χ2n) is 9.04. The molecule has 5 rings (SSSR count). The van der Waals surface area contributed by atoms with Crippen LogP contribution in [0.1, 0.15) is 47.4 Å². The Kier molecular flexibility index (Phi) is 6.08. The zero-order valence-corrected chi connectivity index (χ0v) is 20.4. The minimum Gasteiger partial charge on any atom is -0.497 e. The summed E-state index contributed by atoms with van der Waals surface area (Å²) in [5.41, 5.74) is 5.73. The second-order valence-corrected chi connectivity index (χ2v) is 9.04. The van der Waals surface area contributed by atoms with Gasteiger partial charge in [-0.1, -0.05) is 19.9 Å². The van der Waals surface area contributed by atoms with E-state index in [9.17, 15) is 4.79 Å². The van der Waals surface area contributed by atoms with E-state index in [4.69, 9.17) is 9.72 Å². The molecule has 3 heterocycles. The van der Waals surface area contributed by atoms with E-state index >= 15 is 0 Å². The van der Waals surface area contributed by atoms with Crippen LogP contribution in [0.15, 0.2) is 30.6 Å². The fourth-order valence-electron chi connectivity index (χ4n) is 5.26. The van der Waals surface area contributed by atoms with Crippen molar-refractivity contribution in [1.82, 2.24) is 29.5 Å². The zero-order valence-electron chi connectivity index (χ0n) is 20.4. The van der Waals surface area contributed by atoms with Crippen molar-refractivity contribution in [3.05, 3.63) is 53.0 Å². The van der Waals surface area contributed by atoms with Crippen molar-refractivity contribution in [2.45, 2.75) is 46.1 Å². The van der Waals surface area contributed by atoms with Gasteiger partial charge in [0.2, 0.25) is 0 Å². The minimum atomic E-state index is 0.0337. The van der Waals surface area contributed by atoms with E-state index < -0.39 is 0 Å². The van der Waals surface area contributed by atoms with E-state index in [-0.39, 0.29) is 5.91 Å². The molecule has 178 valence electrons. The van der Waals surface area contributed by atoms with E-state index in [0.717, 1.165) is 73.7 Å². The Bertz CT molecular complexity index is 1220. The van der Waals surface area contributed by atoms with Crippen LogP contribution in [0.2, 0.25) is 0 Å². The van der Waals surface area contributed by atoms with Gasteiger partial charge in [0, 0.05) is 30.9 Å². The van der Waals surface area contributed by atoms with Gasteiger partial charge in [-0.05, 0) is 62.5 Å². The molecule has 1 aromatic carbocycles. The van der Waals surface area contributed by atoms with Crippen molar-refractivity contribution in [1.29, 1.82) is 0 Å². The smallest absolute Gasteiger partial charge is 0.257 e. The number of carbonyl (C=O) groups excluding carboxylic acids is 1. The molecule has 1 saturated heterocycles. The molecule has 0 radical (unpaired) electrons. The molecule has 1 amide bonds. The molecule has 0 unspecified atom stereocenters. The van der Waals surface area contributed by atoms with Gasteiger partial charge in [-0.25, -0.2) is 14.6 Å². The Morgan fingerprint density at radius 1 is 1.18 bits per heavy atom. The number of likely N-dealkylation sites (tertiary alicyclic amines) is 1. The number of nitrogens with zero attached hydrogens (tertiary/aromatic N) is 6. The van der Waals surface area contributed by atoms with Gasteiger partial charge < -0.3 is 9.64 Å². The third-order valence-electron chi connectivity index (χ3n) is 7.30. The van der Waals surface area contributed by atoms with Crippen molar-refractivity contribution in [3.8, 4) is 23.0 Å². The normalized spacial score (nSPS) is 17.1. The highest BCUT2D eigenvalue weighted by molar-refractivity contribution is 5.95. The van der Waals surface area contributed by atoms with Crippen molar-refractivity contribution >= 4 is 5.91 Å². The molecule has 8 nitrogen and oxygen atoms in total. The van der Waals surface area contributed by atoms with Crippen LogP contribution in [0.25, 0.3) is 17.2 Å². The van der Waals surface area contributed by atoms with Crippen LogP contribution in [0.5, 0.6) is 5.75 Å². The van der Waals surface area contributed by atoms with Gasteiger partial charge in [0.15, 0.2) is 0 Å². The lowest BCUT2D eigenvalue weighted by atomic mass is 9.90. The van der Waals surface area contributed by atoms with Crippen LogP contribution in [0, 0.1) is 6.92 Å². The number of carbonyl (C=O) groups is 1. The predicted molar refractivity (Wildman–Crippen MR) is 131 cm³/mol. The monoisotopic (exact) mass is 460 g/mol. The lowest BCUT2D eigenvalue weighted by Crippen LogP contribution is -2.38. The third kappa shape index (κ3) is 3.86. The van der Waals surface area contributed by atoms with Gasteiger partial charge in [0.1, 0.15) is 5.75 Å². The molecule has 0 spiro atoms. The maximum Gasteiger partial charge on any atom is 0.257 e. The molecule has 8 heteroatoms. The fraction of sp³-hybridized carbons (Fsp3) is 0.462. The van der Waals surface area contributed by atoms with Crippen LogP contribution in [-0.4, -0.2) is 74.8 Å². The Balaban J connectivity index is 1.43. The van der Waals surface area contributed by atoms with Gasteiger partial charge in [0.25, 0.3) is 11.9 Å². The summed E-state index contributed by atoms with van der Waals surface area (Å²) in [4.78, 5) is 27.2. The summed E-state index contributed by atoms with van der Waals surface area (Å²) < 4.78 is 7.12. The summed E-state index contributed by atoms with van der Waals surface area (Å²) in [7, 11) is 1.67. The molecule has 2 aliphatic rings. The average Bonchev–Trinajstić information content (AvgIpc) is 3.51. The van der Waals surface area contributed by atoms with Gasteiger partial charge in [-0.2, -0.15) is 5.10 Å². The number of likely N-dealkylation sites (N-methyl/N-ethyl adjacent to an activating group) is 1. The summed E-state index contributed by atoms with van der Waals surface area (Å²) >= 11 is 0. The van der Waals surface area contributed by atoms with E-state index in [1.807, 2.05) is 30.2 Å². The van der Waals surface area contributed by atoms with Crippen LogP contribution in [-0.2, 0) is 12.8 Å². The van der Waals surface area contributed by atoms with Crippen LogP contribution in [0.4, 0.5) is 0 Å². The van der Waals surface area contributed by atoms with E-state index in [1.54, 1.807) is 18.0 Å². The SMILES string of the molecule is CCN(CC)[C@H]1CCN(C(=O)c2cnn(-c3ncc4c(n3)-c3cc(OC)ccc3CC4)c2C)C1. The fourth-order valence-corrected chi connectivity index (χ4v) is 5.26. The summed E-state index contributed by atoms with van der Waals surface area (Å²) in [6.07, 6.45) is 6.41. The van der Waals surface area contributed by atoms with E-state index in [1.165, 1.54) is 5.56 Å². The summed E-state index contributed by atoms with van der Waals surface area (Å²) in [5, 5.41) is 4.51. The van der Waals surface area contributed by atoms with Crippen LogP contribution < -0.4 is 4.74 Å². The molecule has 0 bridgehead atoms. The summed E-state index contributed by atoms with van der Waals surface area (Å²) in [6, 6.07) is 6.56. The summed E-state index contributed by atoms with van der Waals surface area (Å²) in [6.45, 7) is 9.82. The average molecular weight is 461 g/mol. The maximum absolute atomic E-state index is 13.3. The third-order valence-corrected chi connectivity index (χ3v) is 7.30. The largest absolute Gasteiger partial charge is 0.497 e. The molecule has 1 atom stereocenters. The van der Waals surface area contributed by atoms with Crippen molar-refractivity contribution in [3.63, 3.8) is 0 Å². The molecule has 1 fully saturated rings. The van der Waals surface area contributed by atoms with Gasteiger partial charge >= 0.3 is 0 Å². The lowest BCUT2D eigenvalue weighted by Gasteiger charge is -2.26. The predicted octanol–water partition coefficient (Wildman–Crippen LogP) is 3.30. The van der Waals surface area contributed by atoms with E-state index in [0.29, 0.717) is 17.6 Å². The molecule has 3 aromatic rings. The van der Waals surface area contributed by atoms with Gasteiger partial charge in [0.05, 0.1) is 30.3 Å². The Morgan fingerprint density at radius 3 is 2.74 bits per heavy atom. The first kappa shape index (κ1) is 22.5. The van der Waals surface area contributed by atoms with E-state index in [2.05, 4.69) is 34.9 Å². The number of hydrogen-bond acceptors (Lipinski definition) is 6. The lowest BCUT2D eigenvalue weighted by molar-refractivity contribution is 0.0777. The number of hydrogen-bond donors (Lipinski definition) is 0. The molecular formula is C26H32N6O2. The molecule has 0 saturated carbocycles. The van der Waals surface area contributed by atoms with Crippen molar-refractivity contribution in [2.24, 2.45) is 0 Å². The molecule has 2 aromatic heterocycles. The topological polar surface area (TPSA) is 76.4 Å². The molecule has 34 heavy (non-hydrogen) atoms. The Hall–Kier alpha value is -3.26. The zero-order chi connectivity index (χ0) is 23.8. The van der Waals surface area contributed by atoms with Crippen LogP contribution in [0.3, 0.4) is 0 Å². The number of ether oxygens (including phenoxy) is 1. The first-order valence-electron chi connectivity index (χ1n) is 12.2.